The van der Waals surface area contributed by atoms with Gasteiger partial charge in [-0.25, -0.2) is 0 Å². The van der Waals surface area contributed by atoms with E-state index in [0.717, 1.165) is 38.5 Å². The standard InChI is InChI=1S/C22H34O6/c1-19-7-6-17-21-8-5-13(24)11-20(21,26)9-10-22(17,28-18(21)27-2)16(19)4-3-14(19)15(25)12-23/h13-14,16-18,23-24,26H,3-12H2,1-2H3/t13-,14-,16-,17-,18-,19-,20+,21-,22-/m1/s1. The van der Waals surface area contributed by atoms with Gasteiger partial charge in [0, 0.05) is 25.4 Å². The number of Topliss-reactive ketones (excluding diaryl/α,β-unsaturated/α-hetero) is 1. The van der Waals surface area contributed by atoms with Crippen LogP contribution in [0.5, 0.6) is 0 Å². The van der Waals surface area contributed by atoms with Gasteiger partial charge in [0.15, 0.2) is 12.1 Å². The van der Waals surface area contributed by atoms with E-state index in [-0.39, 0.29) is 41.2 Å². The van der Waals surface area contributed by atoms with Gasteiger partial charge >= 0.3 is 0 Å². The lowest BCUT2D eigenvalue weighted by Gasteiger charge is -2.63. The van der Waals surface area contributed by atoms with E-state index in [9.17, 15) is 20.1 Å². The van der Waals surface area contributed by atoms with Crippen molar-refractivity contribution >= 4 is 5.78 Å². The van der Waals surface area contributed by atoms with Crippen molar-refractivity contribution in [1.29, 1.82) is 0 Å². The molecule has 28 heavy (non-hydrogen) atoms. The van der Waals surface area contributed by atoms with Gasteiger partial charge in [0.2, 0.25) is 0 Å². The van der Waals surface area contributed by atoms with Crippen LogP contribution in [-0.2, 0) is 14.3 Å². The van der Waals surface area contributed by atoms with Crippen LogP contribution in [0.1, 0.15) is 64.7 Å². The lowest BCUT2D eigenvalue weighted by atomic mass is 9.42. The van der Waals surface area contributed by atoms with Gasteiger partial charge in [-0.3, -0.25) is 4.79 Å². The Balaban J connectivity index is 1.59. The third kappa shape index (κ3) is 2.04. The Bertz CT molecular complexity index is 682. The molecule has 1 spiro atoms. The summed E-state index contributed by atoms with van der Waals surface area (Å²) in [5.41, 5.74) is -1.96. The Morgan fingerprint density at radius 1 is 1.11 bits per heavy atom. The molecule has 1 aliphatic heterocycles. The quantitative estimate of drug-likeness (QED) is 0.675. The second-order valence-electron chi connectivity index (χ2n) is 10.5. The van der Waals surface area contributed by atoms with E-state index in [1.807, 2.05) is 0 Å². The number of rotatable bonds is 3. The number of ketones is 1. The lowest BCUT2D eigenvalue weighted by Crippen LogP contribution is -2.67. The first-order chi connectivity index (χ1) is 13.3. The fraction of sp³-hybridized carbons (Fsp3) is 0.955. The van der Waals surface area contributed by atoms with E-state index < -0.39 is 23.4 Å². The summed E-state index contributed by atoms with van der Waals surface area (Å²) < 4.78 is 12.7. The molecule has 1 saturated heterocycles. The number of hydrogen-bond acceptors (Lipinski definition) is 6. The summed E-state index contributed by atoms with van der Waals surface area (Å²) in [7, 11) is 1.67. The van der Waals surface area contributed by atoms with Crippen LogP contribution in [0.2, 0.25) is 0 Å². The molecular formula is C22H34O6. The Morgan fingerprint density at radius 3 is 2.61 bits per heavy atom. The van der Waals surface area contributed by atoms with Crippen LogP contribution in [0.3, 0.4) is 0 Å². The topological polar surface area (TPSA) is 96.2 Å². The highest BCUT2D eigenvalue weighted by molar-refractivity contribution is 5.83. The van der Waals surface area contributed by atoms with E-state index in [2.05, 4.69) is 6.92 Å². The molecule has 0 aromatic carbocycles. The largest absolute Gasteiger partial charge is 0.393 e. The zero-order valence-corrected chi connectivity index (χ0v) is 17.0. The Kier molecular flexibility index (Phi) is 4.17. The molecule has 0 aromatic rings. The Morgan fingerprint density at radius 2 is 1.89 bits per heavy atom. The van der Waals surface area contributed by atoms with Crippen LogP contribution in [0.25, 0.3) is 0 Å². The summed E-state index contributed by atoms with van der Waals surface area (Å²) in [6.45, 7) is 1.84. The summed E-state index contributed by atoms with van der Waals surface area (Å²) in [6.07, 6.45) is 5.79. The smallest absolute Gasteiger partial charge is 0.166 e. The van der Waals surface area contributed by atoms with Crippen molar-refractivity contribution in [2.45, 2.75) is 88.3 Å². The molecule has 4 saturated carbocycles. The predicted molar refractivity (Wildman–Crippen MR) is 100 cm³/mol. The Hall–Kier alpha value is -0.530. The summed E-state index contributed by atoms with van der Waals surface area (Å²) in [5, 5.41) is 31.5. The second-order valence-corrected chi connectivity index (χ2v) is 10.5. The van der Waals surface area contributed by atoms with Crippen LogP contribution in [-0.4, -0.2) is 58.4 Å². The molecule has 5 fully saturated rings. The Labute approximate surface area is 166 Å². The number of carbonyl (C=O) groups is 1. The van der Waals surface area contributed by atoms with E-state index in [4.69, 9.17) is 9.47 Å². The molecule has 158 valence electrons. The van der Waals surface area contributed by atoms with Crippen LogP contribution in [0.4, 0.5) is 0 Å². The average molecular weight is 395 g/mol. The number of aliphatic hydroxyl groups excluding tert-OH is 2. The third-order valence-corrected chi connectivity index (χ3v) is 9.88. The van der Waals surface area contributed by atoms with Gasteiger partial charge in [0.1, 0.15) is 6.61 Å². The summed E-state index contributed by atoms with van der Waals surface area (Å²) in [6, 6.07) is 0. The molecule has 2 bridgehead atoms. The molecule has 1 heterocycles. The van der Waals surface area contributed by atoms with Gasteiger partial charge in [-0.2, -0.15) is 0 Å². The highest BCUT2D eigenvalue weighted by atomic mass is 16.7. The molecule has 0 unspecified atom stereocenters. The molecule has 5 aliphatic rings. The first-order valence-corrected chi connectivity index (χ1v) is 11.0. The number of aliphatic hydroxyl groups is 3. The van der Waals surface area contributed by atoms with Crippen molar-refractivity contribution in [3.8, 4) is 0 Å². The van der Waals surface area contributed by atoms with E-state index in [0.29, 0.717) is 19.3 Å². The first-order valence-electron chi connectivity index (χ1n) is 11.0. The molecule has 6 nitrogen and oxygen atoms in total. The van der Waals surface area contributed by atoms with Gasteiger partial charge in [0.25, 0.3) is 0 Å². The highest BCUT2D eigenvalue weighted by Gasteiger charge is 2.79. The van der Waals surface area contributed by atoms with Crippen LogP contribution in [0, 0.1) is 28.6 Å². The molecule has 6 heteroatoms. The summed E-state index contributed by atoms with van der Waals surface area (Å²) >= 11 is 0. The first kappa shape index (κ1) is 19.4. The zero-order valence-electron chi connectivity index (χ0n) is 17.0. The number of ether oxygens (including phenoxy) is 2. The van der Waals surface area contributed by atoms with E-state index in [1.54, 1.807) is 7.11 Å². The molecular weight excluding hydrogens is 360 g/mol. The maximum absolute atomic E-state index is 12.5. The van der Waals surface area contributed by atoms with Crippen molar-refractivity contribution in [3.05, 3.63) is 0 Å². The van der Waals surface area contributed by atoms with Crippen LogP contribution in [0.15, 0.2) is 0 Å². The maximum atomic E-state index is 12.5. The molecule has 0 radical (unpaired) electrons. The maximum Gasteiger partial charge on any atom is 0.166 e. The number of fused-ring (bicyclic) bond motifs is 1. The number of methoxy groups -OCH3 is 1. The van der Waals surface area contributed by atoms with Crippen molar-refractivity contribution in [3.63, 3.8) is 0 Å². The minimum atomic E-state index is -0.956. The molecule has 0 aromatic heterocycles. The zero-order chi connectivity index (χ0) is 19.9. The lowest BCUT2D eigenvalue weighted by molar-refractivity contribution is -0.239. The van der Waals surface area contributed by atoms with Crippen molar-refractivity contribution in [2.75, 3.05) is 13.7 Å². The highest BCUT2D eigenvalue weighted by Crippen LogP contribution is 2.75. The minimum Gasteiger partial charge on any atom is -0.393 e. The second kappa shape index (κ2) is 6.01. The predicted octanol–water partition coefficient (Wildman–Crippen LogP) is 1.79. The normalized spacial score (nSPS) is 57.4. The average Bonchev–Trinajstić information content (AvgIpc) is 3.13. The summed E-state index contributed by atoms with van der Waals surface area (Å²) in [4.78, 5) is 12.5. The molecule has 4 aliphatic carbocycles. The van der Waals surface area contributed by atoms with Crippen molar-refractivity contribution in [2.24, 2.45) is 28.6 Å². The monoisotopic (exact) mass is 394 g/mol. The van der Waals surface area contributed by atoms with E-state index >= 15 is 0 Å². The minimum absolute atomic E-state index is 0.0380. The number of hydrogen-bond donors (Lipinski definition) is 3. The van der Waals surface area contributed by atoms with Gasteiger partial charge in [-0.05, 0) is 62.7 Å². The van der Waals surface area contributed by atoms with Crippen LogP contribution < -0.4 is 0 Å². The molecule has 9 atom stereocenters. The molecule has 3 N–H and O–H groups in total. The van der Waals surface area contributed by atoms with Gasteiger partial charge in [0.05, 0.1) is 22.7 Å². The number of carbonyl (C=O) groups excluding carboxylic acids is 1. The summed E-state index contributed by atoms with van der Waals surface area (Å²) in [5.74, 6) is 0.293. The molecule has 0 amide bonds. The van der Waals surface area contributed by atoms with Gasteiger partial charge in [-0.1, -0.05) is 6.92 Å². The van der Waals surface area contributed by atoms with Gasteiger partial charge in [-0.15, -0.1) is 0 Å². The van der Waals surface area contributed by atoms with Gasteiger partial charge < -0.3 is 24.8 Å². The van der Waals surface area contributed by atoms with Crippen molar-refractivity contribution in [1.82, 2.24) is 0 Å². The molecule has 5 rings (SSSR count). The van der Waals surface area contributed by atoms with E-state index in [1.165, 1.54) is 0 Å². The third-order valence-electron chi connectivity index (χ3n) is 9.88. The fourth-order valence-electron chi connectivity index (χ4n) is 8.85. The SMILES string of the molecule is CO[C@@H]1O[C@@]23CC[C@]4(O)C[C@H](O)CC[C@@]14[C@H]2CC[C@]1(C)[C@@H](C(=O)CO)CC[C@H]13. The van der Waals surface area contributed by atoms with Crippen LogP contribution >= 0.6 is 0 Å². The fourth-order valence-corrected chi connectivity index (χ4v) is 8.85. The van der Waals surface area contributed by atoms with Crippen molar-refractivity contribution < 1.29 is 29.6 Å².